The summed E-state index contributed by atoms with van der Waals surface area (Å²) in [6.45, 7) is 2.08. The second-order valence-electron chi connectivity index (χ2n) is 5.23. The lowest BCUT2D eigenvalue weighted by molar-refractivity contribution is 0.1000. The van der Waals surface area contributed by atoms with Gasteiger partial charge in [-0.1, -0.05) is 25.1 Å². The highest BCUT2D eigenvalue weighted by atomic mass is 16.3. The van der Waals surface area contributed by atoms with Crippen LogP contribution in [0.3, 0.4) is 0 Å². The highest BCUT2D eigenvalue weighted by Crippen LogP contribution is 2.31. The second-order valence-corrected chi connectivity index (χ2v) is 5.23. The fourth-order valence-corrected chi connectivity index (χ4v) is 2.54. The number of primary amides is 1. The van der Waals surface area contributed by atoms with Gasteiger partial charge in [0.2, 0.25) is 5.91 Å². The van der Waals surface area contributed by atoms with Crippen molar-refractivity contribution in [1.82, 2.24) is 0 Å². The van der Waals surface area contributed by atoms with Crippen LogP contribution in [0.25, 0.3) is 5.57 Å². The zero-order chi connectivity index (χ0) is 13.8. The predicted molar refractivity (Wildman–Crippen MR) is 76.9 cm³/mol. The summed E-state index contributed by atoms with van der Waals surface area (Å²) in [6, 6.07) is 5.68. The summed E-state index contributed by atoms with van der Waals surface area (Å²) in [7, 11) is 0. The smallest absolute Gasteiger partial charge is 0.249 e. The van der Waals surface area contributed by atoms with Gasteiger partial charge in [0.05, 0.1) is 0 Å². The van der Waals surface area contributed by atoms with Crippen molar-refractivity contribution in [3.63, 3.8) is 0 Å². The van der Waals surface area contributed by atoms with Gasteiger partial charge in [0, 0.05) is 18.1 Å². The highest BCUT2D eigenvalue weighted by Gasteiger charge is 2.16. The summed E-state index contributed by atoms with van der Waals surface area (Å²) < 4.78 is 0. The first-order chi connectivity index (χ1) is 9.13. The van der Waals surface area contributed by atoms with Crippen LogP contribution in [0.1, 0.15) is 60.0 Å². The highest BCUT2D eigenvalue weighted by molar-refractivity contribution is 5.98. The van der Waals surface area contributed by atoms with Crippen LogP contribution >= 0.6 is 0 Å². The molecule has 0 aromatic heterocycles. The number of aliphatic hydroxyl groups excluding tert-OH is 1. The number of nitrogens with two attached hydrogens (primary N) is 1. The van der Waals surface area contributed by atoms with E-state index in [-0.39, 0.29) is 18.4 Å². The fraction of sp³-hybridized carbons (Fsp3) is 0.438. The summed E-state index contributed by atoms with van der Waals surface area (Å²) in [5.74, 6) is -0.311. The topological polar surface area (TPSA) is 63.3 Å². The number of hydrogen-bond donors (Lipinski definition) is 2. The van der Waals surface area contributed by atoms with Crippen LogP contribution in [-0.4, -0.2) is 17.6 Å². The summed E-state index contributed by atoms with van der Waals surface area (Å²) in [5.41, 5.74) is 9.26. The summed E-state index contributed by atoms with van der Waals surface area (Å²) in [4.78, 5) is 11.6. The first-order valence-electron chi connectivity index (χ1n) is 6.87. The summed E-state index contributed by atoms with van der Waals surface area (Å²) in [5, 5.41) is 9.26. The van der Waals surface area contributed by atoms with Crippen molar-refractivity contribution in [2.75, 3.05) is 6.61 Å². The van der Waals surface area contributed by atoms with Crippen molar-refractivity contribution in [3.05, 3.63) is 41.0 Å². The van der Waals surface area contributed by atoms with Gasteiger partial charge < -0.3 is 10.8 Å². The molecule has 3 nitrogen and oxygen atoms in total. The molecular formula is C16H21NO2. The van der Waals surface area contributed by atoms with Gasteiger partial charge >= 0.3 is 0 Å². The van der Waals surface area contributed by atoms with Gasteiger partial charge in [-0.05, 0) is 48.4 Å². The number of carbonyl (C=O) groups is 1. The molecule has 0 fully saturated rings. The maximum absolute atomic E-state index is 11.6. The maximum Gasteiger partial charge on any atom is 0.249 e. The molecule has 3 N–H and O–H groups in total. The average Bonchev–Trinajstić information content (AvgIpc) is 2.46. The van der Waals surface area contributed by atoms with E-state index < -0.39 is 0 Å². The molecule has 1 unspecified atom stereocenters. The molecule has 1 aliphatic carbocycles. The Morgan fingerprint density at radius 2 is 2.21 bits per heavy atom. The Labute approximate surface area is 114 Å². The minimum atomic E-state index is -0.385. The van der Waals surface area contributed by atoms with Crippen molar-refractivity contribution < 1.29 is 9.90 Å². The minimum Gasteiger partial charge on any atom is -0.396 e. The Bertz CT molecular complexity index is 505. The largest absolute Gasteiger partial charge is 0.396 e. The molecule has 0 saturated carbocycles. The van der Waals surface area contributed by atoms with Crippen molar-refractivity contribution >= 4 is 11.5 Å². The number of rotatable bonds is 4. The summed E-state index contributed by atoms with van der Waals surface area (Å²) >= 11 is 0. The standard InChI is InChI=1S/C16H21NO2/c1-11(10-18)13-7-8-14(16(17)19)15(9-13)12-5-3-2-4-6-12/h5,7-9,11,18H,2-4,6,10H2,1H3,(H2,17,19). The van der Waals surface area contributed by atoms with E-state index in [4.69, 9.17) is 5.73 Å². The van der Waals surface area contributed by atoms with Crippen molar-refractivity contribution in [2.45, 2.75) is 38.5 Å². The Morgan fingerprint density at radius 1 is 1.42 bits per heavy atom. The number of allylic oxidation sites excluding steroid dienone is 2. The van der Waals surface area contributed by atoms with Crippen LogP contribution in [0, 0.1) is 0 Å². The minimum absolute atomic E-state index is 0.0740. The number of aliphatic hydroxyl groups is 1. The first-order valence-corrected chi connectivity index (χ1v) is 6.87. The average molecular weight is 259 g/mol. The molecule has 2 rings (SSSR count). The fourth-order valence-electron chi connectivity index (χ4n) is 2.54. The van der Waals surface area contributed by atoms with Gasteiger partial charge in [0.25, 0.3) is 0 Å². The predicted octanol–water partition coefficient (Wildman–Crippen LogP) is 2.84. The number of amides is 1. The molecule has 1 atom stereocenters. The molecular weight excluding hydrogens is 238 g/mol. The first kappa shape index (κ1) is 13.8. The molecule has 0 spiro atoms. The number of hydrogen-bond acceptors (Lipinski definition) is 2. The normalized spacial score (nSPS) is 16.8. The van der Waals surface area contributed by atoms with E-state index in [1.54, 1.807) is 6.07 Å². The number of benzene rings is 1. The van der Waals surface area contributed by atoms with Crippen LogP contribution < -0.4 is 5.73 Å². The Kier molecular flexibility index (Phi) is 4.38. The zero-order valence-corrected chi connectivity index (χ0v) is 11.4. The van der Waals surface area contributed by atoms with E-state index in [0.717, 1.165) is 30.4 Å². The van der Waals surface area contributed by atoms with E-state index in [9.17, 15) is 9.90 Å². The van der Waals surface area contributed by atoms with Crippen LogP contribution in [-0.2, 0) is 0 Å². The third kappa shape index (κ3) is 3.04. The van der Waals surface area contributed by atoms with E-state index in [2.05, 4.69) is 6.08 Å². The molecule has 1 aromatic carbocycles. The molecule has 1 aliphatic rings. The van der Waals surface area contributed by atoms with Crippen LogP contribution in [0.2, 0.25) is 0 Å². The molecule has 1 aromatic rings. The molecule has 1 amide bonds. The van der Waals surface area contributed by atoms with Crippen molar-refractivity contribution in [3.8, 4) is 0 Å². The lowest BCUT2D eigenvalue weighted by atomic mass is 9.87. The molecule has 0 saturated heterocycles. The Morgan fingerprint density at radius 3 is 2.79 bits per heavy atom. The molecule has 0 heterocycles. The van der Waals surface area contributed by atoms with E-state index in [1.165, 1.54) is 12.0 Å². The van der Waals surface area contributed by atoms with Crippen LogP contribution in [0.15, 0.2) is 24.3 Å². The Balaban J connectivity index is 2.47. The maximum atomic E-state index is 11.6. The molecule has 102 valence electrons. The van der Waals surface area contributed by atoms with Gasteiger partial charge in [-0.25, -0.2) is 0 Å². The quantitative estimate of drug-likeness (QED) is 0.873. The van der Waals surface area contributed by atoms with Gasteiger partial charge in [-0.15, -0.1) is 0 Å². The summed E-state index contributed by atoms with van der Waals surface area (Å²) in [6.07, 6.45) is 6.63. The van der Waals surface area contributed by atoms with Crippen molar-refractivity contribution in [1.29, 1.82) is 0 Å². The van der Waals surface area contributed by atoms with Gasteiger partial charge in [0.1, 0.15) is 0 Å². The molecule has 3 heteroatoms. The molecule has 19 heavy (non-hydrogen) atoms. The third-order valence-electron chi connectivity index (χ3n) is 3.79. The zero-order valence-electron chi connectivity index (χ0n) is 11.4. The van der Waals surface area contributed by atoms with Crippen LogP contribution in [0.5, 0.6) is 0 Å². The molecule has 0 aliphatic heterocycles. The monoisotopic (exact) mass is 259 g/mol. The SMILES string of the molecule is CC(CO)c1ccc(C(N)=O)c(C2=CCCCC2)c1. The van der Waals surface area contributed by atoms with Crippen molar-refractivity contribution in [2.24, 2.45) is 5.73 Å². The lowest BCUT2D eigenvalue weighted by Crippen LogP contribution is -2.14. The van der Waals surface area contributed by atoms with E-state index in [1.807, 2.05) is 19.1 Å². The van der Waals surface area contributed by atoms with Gasteiger partial charge in [0.15, 0.2) is 0 Å². The second kappa shape index (κ2) is 6.02. The Hall–Kier alpha value is -1.61. The van der Waals surface area contributed by atoms with E-state index in [0.29, 0.717) is 5.56 Å². The lowest BCUT2D eigenvalue weighted by Gasteiger charge is -2.18. The number of carbonyl (C=O) groups excluding carboxylic acids is 1. The molecule has 0 radical (unpaired) electrons. The third-order valence-corrected chi connectivity index (χ3v) is 3.79. The van der Waals surface area contributed by atoms with E-state index >= 15 is 0 Å². The molecule has 0 bridgehead atoms. The van der Waals surface area contributed by atoms with Gasteiger partial charge in [-0.3, -0.25) is 4.79 Å². The van der Waals surface area contributed by atoms with Gasteiger partial charge in [-0.2, -0.15) is 0 Å². The van der Waals surface area contributed by atoms with Crippen LogP contribution in [0.4, 0.5) is 0 Å².